The Morgan fingerprint density at radius 2 is 1.72 bits per heavy atom. The summed E-state index contributed by atoms with van der Waals surface area (Å²) in [5.41, 5.74) is 1.18. The summed E-state index contributed by atoms with van der Waals surface area (Å²) in [4.78, 5) is 39.3. The van der Waals surface area contributed by atoms with Gasteiger partial charge < -0.3 is 44.9 Å². The molecule has 292 valence electrons. The smallest absolute Gasteiger partial charge is 0.342 e. The van der Waals surface area contributed by atoms with Gasteiger partial charge in [-0.2, -0.15) is 13.8 Å². The van der Waals surface area contributed by atoms with Crippen LogP contribution < -0.4 is 30.5 Å². The van der Waals surface area contributed by atoms with Crippen molar-refractivity contribution in [2.45, 2.75) is 56.5 Å². The molecule has 2 aromatic carbocycles. The SMILES string of the molecule is COc1cc(C(=O)NC2CCN(CCOCCOCCNc3ccccc3)CC2)c(F)cc1Nc1ncc2c(n1)N(C1CCCC1)CC(F)(F)C(=O)N2C. The fraction of sp³-hybridized carbons (Fsp3) is 0.526. The summed E-state index contributed by atoms with van der Waals surface area (Å²) >= 11 is 0. The molecule has 1 saturated carbocycles. The summed E-state index contributed by atoms with van der Waals surface area (Å²) in [7, 11) is 2.66. The Morgan fingerprint density at radius 1 is 1.00 bits per heavy atom. The van der Waals surface area contributed by atoms with Crippen LogP contribution in [0.4, 0.5) is 42.0 Å². The minimum absolute atomic E-state index is 0.00436. The molecule has 1 aliphatic carbocycles. The van der Waals surface area contributed by atoms with Gasteiger partial charge in [0.15, 0.2) is 5.82 Å². The first-order valence-electron chi connectivity index (χ1n) is 18.5. The van der Waals surface area contributed by atoms with Crippen LogP contribution >= 0.6 is 0 Å². The van der Waals surface area contributed by atoms with Gasteiger partial charge in [-0.15, -0.1) is 0 Å². The lowest BCUT2D eigenvalue weighted by molar-refractivity contribution is -0.140. The molecule has 3 aromatic rings. The summed E-state index contributed by atoms with van der Waals surface area (Å²) in [5, 5.41) is 9.18. The predicted molar refractivity (Wildman–Crippen MR) is 200 cm³/mol. The van der Waals surface area contributed by atoms with Crippen molar-refractivity contribution in [2.24, 2.45) is 0 Å². The summed E-state index contributed by atoms with van der Waals surface area (Å²) in [6.07, 6.45) is 5.89. The minimum atomic E-state index is -3.61. The second kappa shape index (κ2) is 18.1. The number of para-hydroxylation sites is 1. The summed E-state index contributed by atoms with van der Waals surface area (Å²) in [5.74, 6) is -5.93. The maximum atomic E-state index is 15.5. The number of aromatic nitrogens is 2. The van der Waals surface area contributed by atoms with Crippen LogP contribution in [0.5, 0.6) is 5.75 Å². The number of alkyl halides is 2. The van der Waals surface area contributed by atoms with Gasteiger partial charge in [0.25, 0.3) is 11.8 Å². The molecule has 0 atom stereocenters. The van der Waals surface area contributed by atoms with E-state index < -0.39 is 30.1 Å². The van der Waals surface area contributed by atoms with Crippen molar-refractivity contribution in [3.63, 3.8) is 0 Å². The van der Waals surface area contributed by atoms with E-state index in [1.165, 1.54) is 31.3 Å². The molecule has 13 nitrogen and oxygen atoms in total. The Hall–Kier alpha value is -4.67. The molecule has 54 heavy (non-hydrogen) atoms. The second-order valence-electron chi connectivity index (χ2n) is 13.8. The molecule has 3 N–H and O–H groups in total. The highest BCUT2D eigenvalue weighted by atomic mass is 19.3. The van der Waals surface area contributed by atoms with Gasteiger partial charge in [-0.1, -0.05) is 31.0 Å². The van der Waals surface area contributed by atoms with E-state index in [2.05, 4.69) is 30.8 Å². The quantitative estimate of drug-likeness (QED) is 0.170. The molecular formula is C38H49F3N8O5. The van der Waals surface area contributed by atoms with Gasteiger partial charge in [-0.3, -0.25) is 9.59 Å². The molecular weight excluding hydrogens is 705 g/mol. The maximum Gasteiger partial charge on any atom is 0.342 e. The number of nitrogens with zero attached hydrogens (tertiary/aromatic N) is 5. The third-order valence-corrected chi connectivity index (χ3v) is 10.1. The number of likely N-dealkylation sites (tertiary alicyclic amines) is 1. The maximum absolute atomic E-state index is 15.5. The molecule has 16 heteroatoms. The van der Waals surface area contributed by atoms with E-state index in [-0.39, 0.29) is 46.5 Å². The fourth-order valence-electron chi connectivity index (χ4n) is 7.12. The molecule has 0 unspecified atom stereocenters. The van der Waals surface area contributed by atoms with Gasteiger partial charge in [0.1, 0.15) is 17.3 Å². The van der Waals surface area contributed by atoms with E-state index in [9.17, 15) is 18.4 Å². The lowest BCUT2D eigenvalue weighted by Gasteiger charge is -2.32. The Morgan fingerprint density at radius 3 is 2.44 bits per heavy atom. The zero-order valence-corrected chi connectivity index (χ0v) is 30.8. The lowest BCUT2D eigenvalue weighted by Crippen LogP contribution is -2.48. The molecule has 1 aromatic heterocycles. The summed E-state index contributed by atoms with van der Waals surface area (Å²) in [6, 6.07) is 12.1. The Balaban J connectivity index is 0.978. The number of hydrogen-bond acceptors (Lipinski definition) is 11. The van der Waals surface area contributed by atoms with Gasteiger partial charge in [0.05, 0.1) is 57.5 Å². The number of anilines is 5. The second-order valence-corrected chi connectivity index (χ2v) is 13.8. The number of halogens is 3. The Bertz CT molecular complexity index is 1720. The van der Waals surface area contributed by atoms with Crippen LogP contribution in [-0.2, 0) is 14.3 Å². The van der Waals surface area contributed by atoms with Crippen LogP contribution in [0.1, 0.15) is 48.9 Å². The zero-order chi connectivity index (χ0) is 38.1. The van der Waals surface area contributed by atoms with Crippen molar-refractivity contribution in [1.29, 1.82) is 0 Å². The number of hydrogen-bond donors (Lipinski definition) is 3. The lowest BCUT2D eigenvalue weighted by atomic mass is 10.0. The number of fused-ring (bicyclic) bond motifs is 1. The highest BCUT2D eigenvalue weighted by molar-refractivity contribution is 6.02. The number of benzene rings is 2. The third kappa shape index (κ3) is 9.70. The van der Waals surface area contributed by atoms with E-state index in [4.69, 9.17) is 14.2 Å². The predicted octanol–water partition coefficient (Wildman–Crippen LogP) is 5.07. The van der Waals surface area contributed by atoms with E-state index in [0.29, 0.717) is 52.1 Å². The first-order chi connectivity index (χ1) is 26.1. The summed E-state index contributed by atoms with van der Waals surface area (Å²) < 4.78 is 62.3. The van der Waals surface area contributed by atoms with Crippen molar-refractivity contribution in [2.75, 3.05) is 93.7 Å². The largest absolute Gasteiger partial charge is 0.495 e. The van der Waals surface area contributed by atoms with Gasteiger partial charge in [0, 0.05) is 57.1 Å². The monoisotopic (exact) mass is 754 g/mol. The average molecular weight is 755 g/mol. The van der Waals surface area contributed by atoms with E-state index in [0.717, 1.165) is 55.7 Å². The van der Waals surface area contributed by atoms with Crippen molar-refractivity contribution >= 4 is 40.6 Å². The van der Waals surface area contributed by atoms with Crippen molar-refractivity contribution in [1.82, 2.24) is 20.2 Å². The van der Waals surface area contributed by atoms with Crippen LogP contribution in [0.15, 0.2) is 48.7 Å². The van der Waals surface area contributed by atoms with Crippen molar-refractivity contribution < 1.29 is 37.0 Å². The van der Waals surface area contributed by atoms with Gasteiger partial charge in [0.2, 0.25) is 5.95 Å². The van der Waals surface area contributed by atoms with Crippen LogP contribution in [0, 0.1) is 5.82 Å². The number of rotatable bonds is 16. The van der Waals surface area contributed by atoms with Gasteiger partial charge in [-0.25, -0.2) is 9.37 Å². The number of nitrogens with one attached hydrogen (secondary N) is 3. The topological polar surface area (TPSA) is 133 Å². The van der Waals surface area contributed by atoms with E-state index >= 15 is 4.39 Å². The van der Waals surface area contributed by atoms with E-state index in [1.54, 1.807) is 0 Å². The molecule has 2 aliphatic heterocycles. The normalized spacial score (nSPS) is 18.0. The van der Waals surface area contributed by atoms with Crippen LogP contribution in [0.25, 0.3) is 0 Å². The number of carbonyl (C=O) groups is 2. The summed E-state index contributed by atoms with van der Waals surface area (Å²) in [6.45, 7) is 4.44. The molecule has 0 radical (unpaired) electrons. The Kier molecular flexibility index (Phi) is 13.1. The molecule has 0 bridgehead atoms. The number of piperidine rings is 1. The zero-order valence-electron chi connectivity index (χ0n) is 30.8. The minimum Gasteiger partial charge on any atom is -0.495 e. The highest BCUT2D eigenvalue weighted by Gasteiger charge is 2.48. The van der Waals surface area contributed by atoms with Crippen LogP contribution in [0.3, 0.4) is 0 Å². The molecule has 6 rings (SSSR count). The van der Waals surface area contributed by atoms with Crippen molar-refractivity contribution in [3.8, 4) is 5.75 Å². The first-order valence-corrected chi connectivity index (χ1v) is 18.5. The number of carbonyl (C=O) groups excluding carboxylic acids is 2. The molecule has 2 fully saturated rings. The average Bonchev–Trinajstić information content (AvgIpc) is 3.70. The van der Waals surface area contributed by atoms with Crippen LogP contribution in [-0.4, -0.2) is 118 Å². The first kappa shape index (κ1) is 39.0. The molecule has 2 amide bonds. The van der Waals surface area contributed by atoms with Gasteiger partial charge >= 0.3 is 5.92 Å². The van der Waals surface area contributed by atoms with Crippen molar-refractivity contribution in [3.05, 3.63) is 60.0 Å². The fourth-order valence-corrected chi connectivity index (χ4v) is 7.12. The van der Waals surface area contributed by atoms with Crippen LogP contribution in [0.2, 0.25) is 0 Å². The van der Waals surface area contributed by atoms with E-state index in [1.807, 2.05) is 30.3 Å². The molecule has 1 saturated heterocycles. The highest BCUT2D eigenvalue weighted by Crippen LogP contribution is 2.40. The van der Waals surface area contributed by atoms with Gasteiger partial charge in [-0.05, 0) is 43.9 Å². The third-order valence-electron chi connectivity index (χ3n) is 10.1. The Labute approximate surface area is 313 Å². The standard InChI is InChI=1S/C38H49F3N8O5/c1-47-32-24-43-37(46-34(32)49(28-10-6-7-11-28)25-38(40,41)36(47)51)45-31-23-30(39)29(22-33(31)52-2)35(50)44-27-12-15-48(16-13-27)17-19-54-21-20-53-18-14-42-26-8-4-3-5-9-26/h3-5,8-9,22-24,27-28,42H,6-7,10-21,25H2,1-2H3,(H,44,50)(H,43,45,46). The molecule has 3 heterocycles. The molecule has 3 aliphatic rings. The number of ether oxygens (including phenoxy) is 3. The molecule has 0 spiro atoms. The number of methoxy groups -OCH3 is 1. The number of amides is 2.